The van der Waals surface area contributed by atoms with Crippen LogP contribution in [0.3, 0.4) is 0 Å². The molecule has 1 aromatic carbocycles. The van der Waals surface area contributed by atoms with Gasteiger partial charge in [-0.3, -0.25) is 9.59 Å². The molecule has 2 atom stereocenters. The topological polar surface area (TPSA) is 77.8 Å². The fraction of sp³-hybridized carbons (Fsp3) is 0.458. The predicted octanol–water partition coefficient (Wildman–Crippen LogP) is 3.67. The Morgan fingerprint density at radius 1 is 1.22 bits per heavy atom. The van der Waals surface area contributed by atoms with Gasteiger partial charge in [-0.05, 0) is 64.4 Å². The van der Waals surface area contributed by atoms with Gasteiger partial charge in [-0.1, -0.05) is 0 Å². The number of esters is 1. The summed E-state index contributed by atoms with van der Waals surface area (Å²) < 4.78 is 12.9. The molecule has 170 valence electrons. The van der Waals surface area contributed by atoms with Crippen LogP contribution < -0.4 is 4.74 Å². The largest absolute Gasteiger partial charge is 0.494 e. The van der Waals surface area contributed by atoms with Gasteiger partial charge in [0.2, 0.25) is 11.7 Å². The number of aryl methyl sites for hydroxylation is 1. The highest BCUT2D eigenvalue weighted by Crippen LogP contribution is 2.47. The Morgan fingerprint density at radius 3 is 2.62 bits per heavy atom. The van der Waals surface area contributed by atoms with Gasteiger partial charge in [-0.25, -0.2) is 4.79 Å². The summed E-state index contributed by atoms with van der Waals surface area (Å²) in [5, 5.41) is 0. The Balaban J connectivity index is 1.45. The molecule has 0 aliphatic carbocycles. The zero-order valence-corrected chi connectivity index (χ0v) is 19.7. The summed E-state index contributed by atoms with van der Waals surface area (Å²) in [5.74, 6) is 0.501. The van der Waals surface area contributed by atoms with Gasteiger partial charge in [-0.15, -0.1) is 11.8 Å². The van der Waals surface area contributed by atoms with Gasteiger partial charge in [0.05, 0.1) is 11.5 Å². The van der Waals surface area contributed by atoms with Crippen LogP contribution in [0.1, 0.15) is 48.4 Å². The van der Waals surface area contributed by atoms with Crippen molar-refractivity contribution in [1.82, 2.24) is 9.47 Å². The normalized spacial score (nSPS) is 22.2. The number of hydrogen-bond acceptors (Lipinski definition) is 6. The zero-order chi connectivity index (χ0) is 23.0. The number of thioether (sulfide) groups is 1. The van der Waals surface area contributed by atoms with E-state index in [4.69, 9.17) is 9.47 Å². The van der Waals surface area contributed by atoms with Gasteiger partial charge in [0.25, 0.3) is 0 Å². The van der Waals surface area contributed by atoms with Crippen LogP contribution in [0.4, 0.5) is 0 Å². The molecule has 8 heteroatoms. The number of nitrogens with zero attached hydrogens (tertiary/aromatic N) is 2. The van der Waals surface area contributed by atoms with Gasteiger partial charge < -0.3 is 18.9 Å². The number of fused-ring (bicyclic) bond motifs is 1. The van der Waals surface area contributed by atoms with Gasteiger partial charge in [0, 0.05) is 34.8 Å². The average molecular weight is 457 g/mol. The molecule has 1 aromatic heterocycles. The number of aromatic nitrogens is 1. The third-order valence-electron chi connectivity index (χ3n) is 6.20. The molecule has 0 saturated carbocycles. The van der Waals surface area contributed by atoms with E-state index in [1.54, 1.807) is 16.7 Å². The van der Waals surface area contributed by atoms with Crippen molar-refractivity contribution in [3.63, 3.8) is 0 Å². The van der Waals surface area contributed by atoms with Gasteiger partial charge in [0.15, 0.2) is 6.61 Å². The molecule has 2 fully saturated rings. The molecule has 2 saturated heterocycles. The molecule has 0 spiro atoms. The number of rotatable bonds is 7. The van der Waals surface area contributed by atoms with E-state index in [1.807, 2.05) is 62.6 Å². The number of Topliss-reactive ketones (excluding diaryl/α,β-unsaturated/α-hetero) is 1. The van der Waals surface area contributed by atoms with Crippen LogP contribution in [-0.4, -0.2) is 57.0 Å². The maximum Gasteiger partial charge on any atom is 0.330 e. The van der Waals surface area contributed by atoms with Gasteiger partial charge in [0.1, 0.15) is 11.8 Å². The third-order valence-corrected chi connectivity index (χ3v) is 7.71. The lowest BCUT2D eigenvalue weighted by molar-refractivity contribution is -0.152. The SMILES string of the molecule is CCOc1ccc(-n2c(C)cc(C(=O)COC(=O)[C@@H]3CS[C@@]4(C)CCC(=O)N34)c2C)cc1. The summed E-state index contributed by atoms with van der Waals surface area (Å²) in [6.07, 6.45) is 1.18. The Hall–Kier alpha value is -2.74. The molecular formula is C24H28N2O5S. The van der Waals surface area contributed by atoms with Crippen molar-refractivity contribution >= 4 is 29.4 Å². The quantitative estimate of drug-likeness (QED) is 0.467. The molecule has 3 heterocycles. The van der Waals surface area contributed by atoms with Crippen LogP contribution in [0.25, 0.3) is 5.69 Å². The molecule has 0 bridgehead atoms. The third kappa shape index (κ3) is 3.92. The van der Waals surface area contributed by atoms with E-state index in [-0.39, 0.29) is 23.2 Å². The molecule has 7 nitrogen and oxygen atoms in total. The van der Waals surface area contributed by atoms with Crippen LogP contribution in [0.5, 0.6) is 5.75 Å². The number of carbonyl (C=O) groups excluding carboxylic acids is 3. The second-order valence-corrected chi connectivity index (χ2v) is 9.85. The average Bonchev–Trinajstić information content (AvgIpc) is 3.37. The second-order valence-electron chi connectivity index (χ2n) is 8.34. The number of ether oxygens (including phenoxy) is 2. The predicted molar refractivity (Wildman–Crippen MR) is 122 cm³/mol. The van der Waals surface area contributed by atoms with Crippen LogP contribution >= 0.6 is 11.8 Å². The molecule has 2 aliphatic heterocycles. The molecule has 0 unspecified atom stereocenters. The summed E-state index contributed by atoms with van der Waals surface area (Å²) in [5.41, 5.74) is 3.14. The Morgan fingerprint density at radius 2 is 1.94 bits per heavy atom. The monoisotopic (exact) mass is 456 g/mol. The van der Waals surface area contributed by atoms with E-state index in [1.165, 1.54) is 0 Å². The van der Waals surface area contributed by atoms with E-state index < -0.39 is 12.0 Å². The Kier molecular flexibility index (Phi) is 6.07. The first-order chi connectivity index (χ1) is 15.2. The van der Waals surface area contributed by atoms with E-state index in [0.29, 0.717) is 24.3 Å². The zero-order valence-electron chi connectivity index (χ0n) is 18.8. The van der Waals surface area contributed by atoms with Crippen molar-refractivity contribution in [2.24, 2.45) is 0 Å². The van der Waals surface area contributed by atoms with E-state index in [0.717, 1.165) is 29.2 Å². The highest BCUT2D eigenvalue weighted by Gasteiger charge is 2.53. The summed E-state index contributed by atoms with van der Waals surface area (Å²) >= 11 is 1.60. The van der Waals surface area contributed by atoms with Crippen LogP contribution in [0.15, 0.2) is 30.3 Å². The second kappa shape index (κ2) is 8.65. The molecule has 4 rings (SSSR count). The highest BCUT2D eigenvalue weighted by molar-refractivity contribution is 8.01. The molecule has 32 heavy (non-hydrogen) atoms. The Bertz CT molecular complexity index is 1060. The van der Waals surface area contributed by atoms with Crippen molar-refractivity contribution in [3.05, 3.63) is 47.3 Å². The molecular weight excluding hydrogens is 428 g/mol. The lowest BCUT2D eigenvalue weighted by Crippen LogP contribution is -2.46. The van der Waals surface area contributed by atoms with Crippen LogP contribution in [-0.2, 0) is 14.3 Å². The van der Waals surface area contributed by atoms with Gasteiger partial charge >= 0.3 is 5.97 Å². The van der Waals surface area contributed by atoms with E-state index in [9.17, 15) is 14.4 Å². The maximum absolute atomic E-state index is 12.9. The summed E-state index contributed by atoms with van der Waals surface area (Å²) in [7, 11) is 0. The standard InChI is InChI=1S/C24H28N2O5S/c1-5-30-18-8-6-17(7-9-18)25-15(2)12-19(16(25)3)21(27)13-31-23(29)20-14-32-24(4)11-10-22(28)26(20)24/h6-9,12,20H,5,10-11,13-14H2,1-4H3/t20-,24-/m0/s1. The lowest BCUT2D eigenvalue weighted by Gasteiger charge is -2.29. The molecule has 2 aromatic rings. The number of carbonyl (C=O) groups is 3. The number of ketones is 1. The summed E-state index contributed by atoms with van der Waals surface area (Å²) in [4.78, 5) is 39.1. The minimum Gasteiger partial charge on any atom is -0.494 e. The van der Waals surface area contributed by atoms with Gasteiger partial charge in [-0.2, -0.15) is 0 Å². The highest BCUT2D eigenvalue weighted by atomic mass is 32.2. The lowest BCUT2D eigenvalue weighted by atomic mass is 10.1. The molecule has 0 N–H and O–H groups in total. The van der Waals surface area contributed by atoms with Crippen molar-refractivity contribution in [2.45, 2.75) is 51.4 Å². The van der Waals surface area contributed by atoms with Crippen molar-refractivity contribution < 1.29 is 23.9 Å². The fourth-order valence-corrected chi connectivity index (χ4v) is 6.02. The Labute approximate surface area is 192 Å². The molecule has 1 amide bonds. The van der Waals surface area contributed by atoms with E-state index in [2.05, 4.69) is 0 Å². The minimum atomic E-state index is -0.621. The number of amides is 1. The van der Waals surface area contributed by atoms with Crippen LogP contribution in [0.2, 0.25) is 0 Å². The van der Waals surface area contributed by atoms with Crippen molar-refractivity contribution in [3.8, 4) is 11.4 Å². The molecule has 0 radical (unpaired) electrons. The first kappa shape index (κ1) is 22.5. The maximum atomic E-state index is 12.9. The first-order valence-electron chi connectivity index (χ1n) is 10.8. The van der Waals surface area contributed by atoms with Crippen molar-refractivity contribution in [2.75, 3.05) is 19.0 Å². The first-order valence-corrected chi connectivity index (χ1v) is 11.8. The summed E-state index contributed by atoms with van der Waals surface area (Å²) in [6.45, 7) is 7.99. The number of benzene rings is 1. The summed E-state index contributed by atoms with van der Waals surface area (Å²) in [6, 6.07) is 8.88. The molecule has 2 aliphatic rings. The fourth-order valence-electron chi connectivity index (χ4n) is 4.61. The minimum absolute atomic E-state index is 0.0234. The van der Waals surface area contributed by atoms with Crippen molar-refractivity contribution in [1.29, 1.82) is 0 Å². The van der Waals surface area contributed by atoms with Crippen LogP contribution in [0, 0.1) is 13.8 Å². The number of hydrogen-bond donors (Lipinski definition) is 0. The smallest absolute Gasteiger partial charge is 0.330 e. The van der Waals surface area contributed by atoms with E-state index >= 15 is 0 Å².